The number of hydrogen-bond donors (Lipinski definition) is 0. The summed E-state index contributed by atoms with van der Waals surface area (Å²) in [5, 5.41) is 0. The SMILES string of the molecule is CCCCCCCCCCCCCCCCCC(CCCCCCCCCCCCCCCC)OC(=O)CCCCC. The zero-order valence-corrected chi connectivity index (χ0v) is 29.6. The smallest absolute Gasteiger partial charge is 0.306 e. The molecule has 0 aromatic carbocycles. The molecule has 0 aromatic rings. The van der Waals surface area contributed by atoms with Crippen molar-refractivity contribution in [3.63, 3.8) is 0 Å². The zero-order valence-electron chi connectivity index (χ0n) is 29.6. The highest BCUT2D eigenvalue weighted by Crippen LogP contribution is 2.19. The van der Waals surface area contributed by atoms with Crippen LogP contribution in [0.3, 0.4) is 0 Å². The van der Waals surface area contributed by atoms with E-state index < -0.39 is 0 Å². The number of ether oxygens (including phenoxy) is 1. The van der Waals surface area contributed by atoms with Gasteiger partial charge in [0.15, 0.2) is 0 Å². The number of carbonyl (C=O) groups is 1. The first kappa shape index (κ1) is 41.5. The maximum absolute atomic E-state index is 12.4. The molecule has 0 radical (unpaired) electrons. The van der Waals surface area contributed by atoms with Gasteiger partial charge in [-0.3, -0.25) is 4.79 Å². The molecule has 252 valence electrons. The quantitative estimate of drug-likeness (QED) is 0.0534. The van der Waals surface area contributed by atoms with Gasteiger partial charge in [-0.05, 0) is 32.1 Å². The van der Waals surface area contributed by atoms with Crippen LogP contribution in [0.5, 0.6) is 0 Å². The molecule has 1 unspecified atom stereocenters. The number of rotatable bonds is 36. The lowest BCUT2D eigenvalue weighted by molar-refractivity contribution is -0.150. The fourth-order valence-electron chi connectivity index (χ4n) is 6.34. The zero-order chi connectivity index (χ0) is 30.6. The van der Waals surface area contributed by atoms with E-state index in [-0.39, 0.29) is 12.1 Å². The van der Waals surface area contributed by atoms with Crippen LogP contribution in [0.1, 0.15) is 245 Å². The molecule has 0 saturated heterocycles. The second-order valence-corrected chi connectivity index (χ2v) is 13.7. The molecular formula is C40H80O2. The number of carbonyl (C=O) groups excluding carboxylic acids is 1. The van der Waals surface area contributed by atoms with Crippen molar-refractivity contribution in [1.82, 2.24) is 0 Å². The molecule has 42 heavy (non-hydrogen) atoms. The van der Waals surface area contributed by atoms with Gasteiger partial charge in [0.25, 0.3) is 0 Å². The van der Waals surface area contributed by atoms with Crippen molar-refractivity contribution in [2.75, 3.05) is 0 Å². The van der Waals surface area contributed by atoms with E-state index in [0.717, 1.165) is 32.1 Å². The summed E-state index contributed by atoms with van der Waals surface area (Å²) in [6, 6.07) is 0. The minimum absolute atomic E-state index is 0.0553. The first-order valence-electron chi connectivity index (χ1n) is 19.9. The molecule has 0 fully saturated rings. The van der Waals surface area contributed by atoms with Gasteiger partial charge in [-0.1, -0.05) is 207 Å². The van der Waals surface area contributed by atoms with Gasteiger partial charge in [-0.15, -0.1) is 0 Å². The summed E-state index contributed by atoms with van der Waals surface area (Å²) in [6.07, 6.45) is 46.8. The largest absolute Gasteiger partial charge is 0.462 e. The maximum atomic E-state index is 12.4. The molecular weight excluding hydrogens is 512 g/mol. The van der Waals surface area contributed by atoms with Crippen molar-refractivity contribution in [1.29, 1.82) is 0 Å². The van der Waals surface area contributed by atoms with E-state index >= 15 is 0 Å². The van der Waals surface area contributed by atoms with Crippen molar-refractivity contribution in [2.45, 2.75) is 252 Å². The summed E-state index contributed by atoms with van der Waals surface area (Å²) in [6.45, 7) is 6.79. The van der Waals surface area contributed by atoms with Crippen molar-refractivity contribution in [2.24, 2.45) is 0 Å². The molecule has 2 nitrogen and oxygen atoms in total. The van der Waals surface area contributed by atoms with Gasteiger partial charge in [-0.2, -0.15) is 0 Å². The monoisotopic (exact) mass is 593 g/mol. The van der Waals surface area contributed by atoms with Crippen molar-refractivity contribution >= 4 is 5.97 Å². The molecule has 0 N–H and O–H groups in total. The highest BCUT2D eigenvalue weighted by Gasteiger charge is 2.14. The van der Waals surface area contributed by atoms with Gasteiger partial charge in [0, 0.05) is 6.42 Å². The fraction of sp³-hybridized carbons (Fsp3) is 0.975. The lowest BCUT2D eigenvalue weighted by Gasteiger charge is -2.18. The lowest BCUT2D eigenvalue weighted by atomic mass is 10.0. The van der Waals surface area contributed by atoms with Gasteiger partial charge in [0.2, 0.25) is 0 Å². The van der Waals surface area contributed by atoms with Gasteiger partial charge in [0.1, 0.15) is 6.10 Å². The van der Waals surface area contributed by atoms with Gasteiger partial charge in [-0.25, -0.2) is 0 Å². The molecule has 0 aliphatic carbocycles. The van der Waals surface area contributed by atoms with Gasteiger partial charge >= 0.3 is 5.97 Å². The number of esters is 1. The molecule has 1 atom stereocenters. The predicted molar refractivity (Wildman–Crippen MR) is 188 cm³/mol. The molecule has 0 rings (SSSR count). The summed E-state index contributed by atoms with van der Waals surface area (Å²) in [7, 11) is 0. The minimum atomic E-state index is 0.0553. The van der Waals surface area contributed by atoms with Gasteiger partial charge < -0.3 is 4.74 Å². The van der Waals surface area contributed by atoms with E-state index in [2.05, 4.69) is 20.8 Å². The summed E-state index contributed by atoms with van der Waals surface area (Å²) in [4.78, 5) is 12.4. The Morgan fingerprint density at radius 2 is 0.595 bits per heavy atom. The molecule has 0 heterocycles. The van der Waals surface area contributed by atoms with Crippen LogP contribution in [0.4, 0.5) is 0 Å². The number of hydrogen-bond acceptors (Lipinski definition) is 2. The van der Waals surface area contributed by atoms with Crippen molar-refractivity contribution in [3.05, 3.63) is 0 Å². The Morgan fingerprint density at radius 3 is 0.881 bits per heavy atom. The van der Waals surface area contributed by atoms with Crippen LogP contribution < -0.4 is 0 Å². The first-order valence-corrected chi connectivity index (χ1v) is 19.9. The Hall–Kier alpha value is -0.530. The maximum Gasteiger partial charge on any atom is 0.306 e. The highest BCUT2D eigenvalue weighted by atomic mass is 16.5. The summed E-state index contributed by atoms with van der Waals surface area (Å²) >= 11 is 0. The van der Waals surface area contributed by atoms with E-state index in [9.17, 15) is 4.79 Å². The fourth-order valence-corrected chi connectivity index (χ4v) is 6.34. The number of unbranched alkanes of at least 4 members (excludes halogenated alkanes) is 29. The molecule has 0 amide bonds. The van der Waals surface area contributed by atoms with E-state index in [0.29, 0.717) is 6.42 Å². The van der Waals surface area contributed by atoms with Crippen LogP contribution >= 0.6 is 0 Å². The third-order valence-corrected chi connectivity index (χ3v) is 9.29. The molecule has 0 aliphatic heterocycles. The Morgan fingerprint density at radius 1 is 0.357 bits per heavy atom. The second-order valence-electron chi connectivity index (χ2n) is 13.7. The topological polar surface area (TPSA) is 26.3 Å². The minimum Gasteiger partial charge on any atom is -0.462 e. The predicted octanol–water partition coefficient (Wildman–Crippen LogP) is 14.6. The van der Waals surface area contributed by atoms with Crippen LogP contribution in [0.25, 0.3) is 0 Å². The summed E-state index contributed by atoms with van der Waals surface area (Å²) < 4.78 is 5.99. The lowest BCUT2D eigenvalue weighted by Crippen LogP contribution is -2.18. The van der Waals surface area contributed by atoms with E-state index in [1.165, 1.54) is 186 Å². The summed E-state index contributed by atoms with van der Waals surface area (Å²) in [5.74, 6) is 0.0553. The molecule has 0 aromatic heterocycles. The van der Waals surface area contributed by atoms with Crippen LogP contribution in [-0.4, -0.2) is 12.1 Å². The molecule has 0 aliphatic rings. The Bertz CT molecular complexity index is 502. The van der Waals surface area contributed by atoms with Crippen LogP contribution in [0.15, 0.2) is 0 Å². The normalized spacial score (nSPS) is 12.2. The Kier molecular flexibility index (Phi) is 36.2. The highest BCUT2D eigenvalue weighted by molar-refractivity contribution is 5.69. The molecule has 2 heteroatoms. The van der Waals surface area contributed by atoms with E-state index in [1.807, 2.05) is 0 Å². The van der Waals surface area contributed by atoms with E-state index in [4.69, 9.17) is 4.74 Å². The Labute approximate surface area is 266 Å². The second kappa shape index (κ2) is 36.7. The van der Waals surface area contributed by atoms with Crippen LogP contribution in [0.2, 0.25) is 0 Å². The molecule has 0 bridgehead atoms. The van der Waals surface area contributed by atoms with Gasteiger partial charge in [0.05, 0.1) is 0 Å². The van der Waals surface area contributed by atoms with Crippen molar-refractivity contribution in [3.8, 4) is 0 Å². The van der Waals surface area contributed by atoms with E-state index in [1.54, 1.807) is 0 Å². The standard InChI is InChI=1S/C40H80O2/c1-4-7-10-12-14-16-18-20-22-24-26-28-30-32-35-37-39(42-40(41)38-33-9-6-3)36-34-31-29-27-25-23-21-19-17-15-13-11-8-5-2/h39H,4-38H2,1-3H3. The summed E-state index contributed by atoms with van der Waals surface area (Å²) in [5.41, 5.74) is 0. The Balaban J connectivity index is 3.81. The van der Waals surface area contributed by atoms with Crippen molar-refractivity contribution < 1.29 is 9.53 Å². The molecule has 0 spiro atoms. The average molecular weight is 593 g/mol. The average Bonchev–Trinajstić information content (AvgIpc) is 2.99. The molecule has 0 saturated carbocycles. The third kappa shape index (κ3) is 34.0. The van der Waals surface area contributed by atoms with Crippen LogP contribution in [-0.2, 0) is 9.53 Å². The third-order valence-electron chi connectivity index (χ3n) is 9.29. The van der Waals surface area contributed by atoms with Crippen LogP contribution in [0, 0.1) is 0 Å². The first-order chi connectivity index (χ1) is 20.7.